The zero-order valence-electron chi connectivity index (χ0n) is 35.9. The van der Waals surface area contributed by atoms with Crippen molar-refractivity contribution >= 4 is 54.9 Å². The summed E-state index contributed by atoms with van der Waals surface area (Å²) in [6.07, 6.45) is 1.40. The number of carbonyl (C=O) groups excluding carboxylic acids is 3. The van der Waals surface area contributed by atoms with E-state index in [2.05, 4.69) is 0 Å². The van der Waals surface area contributed by atoms with Crippen molar-refractivity contribution in [3.05, 3.63) is 94.6 Å². The molecule has 0 unspecified atom stereocenters. The molecule has 0 fully saturated rings. The quantitative estimate of drug-likeness (QED) is 0.171. The number of nitrogens with zero attached hydrogens (tertiary/aromatic N) is 4. The molecule has 0 radical (unpaired) electrons. The number of aromatic nitrogens is 2. The smallest absolute Gasteiger partial charge is 0.870 e. The summed E-state index contributed by atoms with van der Waals surface area (Å²) in [4.78, 5) is 49.5. The minimum atomic E-state index is -4.05. The van der Waals surface area contributed by atoms with Crippen molar-refractivity contribution in [1.82, 2.24) is 9.13 Å². The molecule has 0 aliphatic heterocycles. The Morgan fingerprint density at radius 2 is 1.03 bits per heavy atom. The van der Waals surface area contributed by atoms with Gasteiger partial charge in [-0.3, -0.25) is 27.8 Å². The monoisotopic (exact) mass is 876 g/mol. The number of aliphatic carboxylic acids is 1. The Labute approximate surface area is 374 Å². The molecule has 18 heteroatoms. The maximum Gasteiger partial charge on any atom is 1.00 e. The van der Waals surface area contributed by atoms with Gasteiger partial charge in [0.1, 0.15) is 22.9 Å². The van der Waals surface area contributed by atoms with Crippen LogP contribution in [-0.4, -0.2) is 80.8 Å². The summed E-state index contributed by atoms with van der Waals surface area (Å²) < 4.78 is 64.6. The minimum absolute atomic E-state index is 0. The van der Waals surface area contributed by atoms with Gasteiger partial charge in [0.05, 0.1) is 29.1 Å². The fraction of sp³-hybridized carbons (Fsp3) is 0.429. The molecule has 2 aromatic carbocycles. The summed E-state index contributed by atoms with van der Waals surface area (Å²) in [6.45, 7) is 12.4. The average Bonchev–Trinajstić information content (AvgIpc) is 3.57. The molecule has 320 valence electrons. The van der Waals surface area contributed by atoms with Gasteiger partial charge in [0.25, 0.3) is 20.0 Å². The van der Waals surface area contributed by atoms with Crippen molar-refractivity contribution in [3.63, 3.8) is 0 Å². The molecule has 2 aliphatic rings. The molecule has 0 atom stereocenters. The number of carboxylic acids is 1. The number of hydrogen-bond acceptors (Lipinski definition) is 10. The van der Waals surface area contributed by atoms with E-state index in [0.717, 1.165) is 4.31 Å². The maximum absolute atomic E-state index is 13.6. The van der Waals surface area contributed by atoms with Gasteiger partial charge in [-0.2, -0.15) is 0 Å². The van der Waals surface area contributed by atoms with Crippen LogP contribution >= 0.6 is 0 Å². The van der Waals surface area contributed by atoms with E-state index in [1.807, 2.05) is 27.7 Å². The SMILES string of the molecule is CCOC(=O)Cn1c(C)c(S(=O)(=O)N(C)c2ccccc2)c2c1CC(C)(C)CC2=O.Cc1c(S(=O)(=O)N(C)c2ccccc2)c2c(n1CC(=O)O)CC(C)(C)CC2=O.[Na+].[OH-]. The van der Waals surface area contributed by atoms with Gasteiger partial charge >= 0.3 is 41.5 Å². The number of ketones is 2. The Hall–Kier alpha value is -4.26. The van der Waals surface area contributed by atoms with Gasteiger partial charge in [-0.1, -0.05) is 64.1 Å². The number of hydrogen-bond donors (Lipinski definition) is 1. The van der Waals surface area contributed by atoms with E-state index in [0.29, 0.717) is 41.3 Å². The van der Waals surface area contributed by atoms with Crippen LogP contribution in [0.3, 0.4) is 0 Å². The number of para-hydroxylation sites is 2. The summed E-state index contributed by atoms with van der Waals surface area (Å²) in [5.74, 6) is -2.03. The number of esters is 1. The Kier molecular flexibility index (Phi) is 15.7. The second-order valence-corrected chi connectivity index (χ2v) is 20.2. The number of sulfonamides is 2. The molecular weight excluding hydrogens is 824 g/mol. The number of carbonyl (C=O) groups is 4. The first-order valence-electron chi connectivity index (χ1n) is 18.9. The first kappa shape index (κ1) is 50.1. The van der Waals surface area contributed by atoms with Gasteiger partial charge in [-0.05, 0) is 68.7 Å². The molecule has 6 rings (SSSR count). The van der Waals surface area contributed by atoms with Crippen molar-refractivity contribution in [2.75, 3.05) is 29.3 Å². The molecule has 2 aliphatic carbocycles. The topological polar surface area (TPSA) is 212 Å². The third-order valence-corrected chi connectivity index (χ3v) is 14.5. The fourth-order valence-corrected chi connectivity index (χ4v) is 11.2. The van der Waals surface area contributed by atoms with Gasteiger partial charge in [0.2, 0.25) is 0 Å². The predicted molar refractivity (Wildman–Crippen MR) is 221 cm³/mol. The third-order valence-electron chi connectivity index (χ3n) is 10.6. The first-order valence-corrected chi connectivity index (χ1v) is 21.8. The summed E-state index contributed by atoms with van der Waals surface area (Å²) >= 11 is 0. The number of fused-ring (bicyclic) bond motifs is 2. The van der Waals surface area contributed by atoms with Crippen LogP contribution in [0.5, 0.6) is 0 Å². The number of benzene rings is 2. The molecule has 4 aromatic rings. The van der Waals surface area contributed by atoms with Crippen molar-refractivity contribution in [3.8, 4) is 0 Å². The van der Waals surface area contributed by atoms with E-state index in [9.17, 15) is 41.1 Å². The minimum Gasteiger partial charge on any atom is -0.870 e. The molecule has 0 spiro atoms. The van der Waals surface area contributed by atoms with Crippen LogP contribution in [0.25, 0.3) is 0 Å². The molecule has 0 saturated heterocycles. The van der Waals surface area contributed by atoms with Crippen LogP contribution in [0.4, 0.5) is 11.4 Å². The second kappa shape index (κ2) is 18.8. The average molecular weight is 877 g/mol. The normalized spacial score (nSPS) is 15.2. The van der Waals surface area contributed by atoms with Crippen LogP contribution in [0.2, 0.25) is 0 Å². The third kappa shape index (κ3) is 9.92. The molecule has 0 saturated carbocycles. The number of rotatable bonds is 11. The van der Waals surface area contributed by atoms with Crippen molar-refractivity contribution in [2.24, 2.45) is 10.8 Å². The van der Waals surface area contributed by atoms with Gasteiger partial charge in [-0.15, -0.1) is 0 Å². The van der Waals surface area contributed by atoms with Gasteiger partial charge in [0, 0.05) is 49.7 Å². The number of anilines is 2. The number of Topliss-reactive ketones (excluding diaryl/α,β-unsaturated/α-hetero) is 2. The van der Waals surface area contributed by atoms with Crippen molar-refractivity contribution in [2.45, 2.75) is 97.0 Å². The maximum atomic E-state index is 13.6. The largest absolute Gasteiger partial charge is 1.00 e. The van der Waals surface area contributed by atoms with E-state index in [1.165, 1.54) is 23.0 Å². The summed E-state index contributed by atoms with van der Waals surface area (Å²) in [6, 6.07) is 17.3. The van der Waals surface area contributed by atoms with E-state index in [1.54, 1.807) is 86.0 Å². The molecule has 0 bridgehead atoms. The predicted octanol–water partition coefficient (Wildman–Crippen LogP) is 3.03. The summed E-state index contributed by atoms with van der Waals surface area (Å²) in [7, 11) is -5.17. The molecule has 60 heavy (non-hydrogen) atoms. The fourth-order valence-electron chi connectivity index (χ4n) is 7.92. The van der Waals surface area contributed by atoms with E-state index >= 15 is 0 Å². The Bertz CT molecular complexity index is 2490. The van der Waals surface area contributed by atoms with Gasteiger partial charge < -0.3 is 24.5 Å². The standard InChI is InChI=1S/C22H28N2O5S.C20H24N2O5S.Na.H2O/c1-6-29-19(26)14-24-15(2)21(20-17(24)12-22(3,4)13-18(20)25)30(27,28)23(5)16-10-8-7-9-11-16;1-13-19(28(26,27)21(4)14-8-6-5-7-9-14)18-15(22(13)12-17(24)25)10-20(2,3)11-16(18)23;;/h7-11H,6,12-14H2,1-5H3;5-9H,10-12H2,1-4H3,(H,24,25);;1H2/q;;+1;/p-1. The van der Waals surface area contributed by atoms with Crippen LogP contribution in [0, 0.1) is 24.7 Å². The van der Waals surface area contributed by atoms with Crippen LogP contribution in [0.15, 0.2) is 70.5 Å². The Balaban J connectivity index is 0.000000311. The molecule has 0 amide bonds. The number of ether oxygens (including phenoxy) is 1. The first-order chi connectivity index (χ1) is 26.9. The van der Waals surface area contributed by atoms with Crippen molar-refractivity contribution < 1.29 is 80.9 Å². The molecule has 15 nitrogen and oxygen atoms in total. The number of carboxylic acid groups (broad SMARTS) is 1. The zero-order valence-corrected chi connectivity index (χ0v) is 39.5. The Morgan fingerprint density at radius 3 is 1.37 bits per heavy atom. The van der Waals surface area contributed by atoms with Gasteiger partial charge in [0.15, 0.2) is 11.6 Å². The van der Waals surface area contributed by atoms with Crippen LogP contribution in [0.1, 0.15) is 91.0 Å². The summed E-state index contributed by atoms with van der Waals surface area (Å²) in [5.41, 5.74) is 2.34. The van der Waals surface area contributed by atoms with Crippen molar-refractivity contribution in [1.29, 1.82) is 0 Å². The van der Waals surface area contributed by atoms with E-state index in [4.69, 9.17) is 4.74 Å². The van der Waals surface area contributed by atoms with Gasteiger partial charge in [-0.25, -0.2) is 16.8 Å². The second-order valence-electron chi connectivity index (χ2n) is 16.3. The van der Waals surface area contributed by atoms with E-state index < -0.39 is 32.0 Å². The molecular formula is C42H53N4NaO11S2. The summed E-state index contributed by atoms with van der Waals surface area (Å²) in [5, 5.41) is 9.32. The zero-order chi connectivity index (χ0) is 43.1. The van der Waals surface area contributed by atoms with E-state index in [-0.39, 0.29) is 117 Å². The Morgan fingerprint density at radius 1 is 0.683 bits per heavy atom. The van der Waals surface area contributed by atoms with Crippen LogP contribution in [-0.2, 0) is 60.3 Å². The molecule has 2 heterocycles. The van der Waals surface area contributed by atoms with Crippen LogP contribution < -0.4 is 38.2 Å². The molecule has 2 aromatic heterocycles. The molecule has 2 N–H and O–H groups in total.